The van der Waals surface area contributed by atoms with E-state index in [4.69, 9.17) is 5.73 Å². The van der Waals surface area contributed by atoms with Crippen LogP contribution in [0.1, 0.15) is 35.8 Å². The van der Waals surface area contributed by atoms with Crippen molar-refractivity contribution in [1.82, 2.24) is 14.7 Å². The third-order valence-electron chi connectivity index (χ3n) is 4.10. The summed E-state index contributed by atoms with van der Waals surface area (Å²) >= 11 is 0. The summed E-state index contributed by atoms with van der Waals surface area (Å²) in [6, 6.07) is 0. The van der Waals surface area contributed by atoms with Crippen LogP contribution in [0.15, 0.2) is 6.20 Å². The molecular weight excluding hydrogens is 256 g/mol. The number of nitrogens with zero attached hydrogens (tertiary/aromatic N) is 3. The fourth-order valence-electron chi connectivity index (χ4n) is 2.66. The third kappa shape index (κ3) is 3.02. The topological polar surface area (TPSA) is 84.4 Å². The Hall–Kier alpha value is -1.40. The lowest BCUT2D eigenvalue weighted by Crippen LogP contribution is -2.30. The van der Waals surface area contributed by atoms with E-state index in [1.165, 1.54) is 0 Å². The summed E-state index contributed by atoms with van der Waals surface area (Å²) in [5.74, 6) is 0.205. The van der Waals surface area contributed by atoms with E-state index in [0.29, 0.717) is 25.2 Å². The number of carbonyl (C=O) groups excluding carboxylic acids is 1. The van der Waals surface area contributed by atoms with E-state index in [-0.39, 0.29) is 17.9 Å². The largest absolute Gasteiger partial charge is 0.393 e. The Bertz CT molecular complexity index is 470. The third-order valence-corrected chi connectivity index (χ3v) is 4.10. The van der Waals surface area contributed by atoms with E-state index >= 15 is 0 Å². The van der Waals surface area contributed by atoms with Crippen LogP contribution in [0.3, 0.4) is 0 Å². The first-order chi connectivity index (χ1) is 9.54. The quantitative estimate of drug-likeness (QED) is 0.817. The van der Waals surface area contributed by atoms with Gasteiger partial charge in [-0.1, -0.05) is 0 Å². The van der Waals surface area contributed by atoms with Crippen LogP contribution in [0.25, 0.3) is 0 Å². The van der Waals surface area contributed by atoms with Crippen LogP contribution in [0, 0.1) is 12.8 Å². The first kappa shape index (κ1) is 15.0. The number of hydrogen-bond donors (Lipinski definition) is 2. The van der Waals surface area contributed by atoms with E-state index in [2.05, 4.69) is 5.10 Å². The van der Waals surface area contributed by atoms with Crippen molar-refractivity contribution in [3.05, 3.63) is 17.5 Å². The van der Waals surface area contributed by atoms with Gasteiger partial charge in [0, 0.05) is 31.2 Å². The van der Waals surface area contributed by atoms with Crippen LogP contribution in [0.4, 0.5) is 0 Å². The van der Waals surface area contributed by atoms with Gasteiger partial charge < -0.3 is 15.7 Å². The maximum atomic E-state index is 12.5. The van der Waals surface area contributed by atoms with Crippen molar-refractivity contribution in [2.24, 2.45) is 11.7 Å². The average Bonchev–Trinajstić information content (AvgIpc) is 3.03. The van der Waals surface area contributed by atoms with Crippen LogP contribution in [-0.2, 0) is 6.54 Å². The molecule has 1 saturated heterocycles. The van der Waals surface area contributed by atoms with Crippen molar-refractivity contribution in [3.8, 4) is 0 Å². The molecule has 2 rings (SSSR count). The summed E-state index contributed by atoms with van der Waals surface area (Å²) in [6.07, 6.45) is 3.00. The van der Waals surface area contributed by atoms with Crippen LogP contribution in [-0.4, -0.2) is 51.4 Å². The lowest BCUT2D eigenvalue weighted by atomic mass is 10.0. The maximum absolute atomic E-state index is 12.5. The maximum Gasteiger partial charge on any atom is 0.257 e. The van der Waals surface area contributed by atoms with Gasteiger partial charge in [-0.25, -0.2) is 0 Å². The Labute approximate surface area is 119 Å². The first-order valence-electron chi connectivity index (χ1n) is 7.24. The Morgan fingerprint density at radius 2 is 2.40 bits per heavy atom. The lowest BCUT2D eigenvalue weighted by Gasteiger charge is -2.17. The zero-order valence-electron chi connectivity index (χ0n) is 12.2. The summed E-state index contributed by atoms with van der Waals surface area (Å²) in [6.45, 7) is 6.40. The highest BCUT2D eigenvalue weighted by Gasteiger charge is 2.30. The summed E-state index contributed by atoms with van der Waals surface area (Å²) in [5.41, 5.74) is 7.05. The molecule has 1 aliphatic heterocycles. The van der Waals surface area contributed by atoms with Crippen LogP contribution < -0.4 is 5.73 Å². The Morgan fingerprint density at radius 3 is 3.00 bits per heavy atom. The van der Waals surface area contributed by atoms with Gasteiger partial charge in [0.2, 0.25) is 0 Å². The van der Waals surface area contributed by atoms with Crippen LogP contribution >= 0.6 is 0 Å². The van der Waals surface area contributed by atoms with Gasteiger partial charge in [0.1, 0.15) is 0 Å². The van der Waals surface area contributed by atoms with Crippen molar-refractivity contribution >= 4 is 5.91 Å². The van der Waals surface area contributed by atoms with E-state index in [9.17, 15) is 9.90 Å². The van der Waals surface area contributed by atoms with Gasteiger partial charge in [0.15, 0.2) is 0 Å². The normalized spacial score (nSPS) is 20.4. The van der Waals surface area contributed by atoms with Gasteiger partial charge in [0.05, 0.1) is 17.9 Å². The molecule has 3 N–H and O–H groups in total. The molecule has 20 heavy (non-hydrogen) atoms. The molecular formula is C14H24N4O2. The molecule has 2 unspecified atom stereocenters. The number of nitrogens with two attached hydrogens (primary N) is 1. The molecule has 0 bridgehead atoms. The summed E-state index contributed by atoms with van der Waals surface area (Å²) in [5, 5.41) is 13.9. The SMILES string of the molecule is Cc1c(C(=O)N2CCC(C(C)O)C2)cnn1CCCN. The minimum Gasteiger partial charge on any atom is -0.393 e. The number of aromatic nitrogens is 2. The van der Waals surface area contributed by atoms with Gasteiger partial charge in [-0.2, -0.15) is 5.10 Å². The second kappa shape index (κ2) is 6.37. The molecule has 2 atom stereocenters. The highest BCUT2D eigenvalue weighted by Crippen LogP contribution is 2.22. The van der Waals surface area contributed by atoms with Gasteiger partial charge in [0.25, 0.3) is 5.91 Å². The smallest absolute Gasteiger partial charge is 0.257 e. The minimum atomic E-state index is -0.360. The average molecular weight is 280 g/mol. The minimum absolute atomic E-state index is 0.0182. The molecule has 6 heteroatoms. The van der Waals surface area contributed by atoms with Crippen molar-refractivity contribution in [2.45, 2.75) is 39.3 Å². The number of amides is 1. The summed E-state index contributed by atoms with van der Waals surface area (Å²) in [7, 11) is 0. The highest BCUT2D eigenvalue weighted by molar-refractivity contribution is 5.95. The molecule has 1 aliphatic rings. The van der Waals surface area contributed by atoms with E-state index in [1.807, 2.05) is 16.5 Å². The van der Waals surface area contributed by atoms with Crippen LogP contribution in [0.2, 0.25) is 0 Å². The zero-order valence-corrected chi connectivity index (χ0v) is 12.2. The number of likely N-dealkylation sites (tertiary alicyclic amines) is 1. The van der Waals surface area contributed by atoms with E-state index in [1.54, 1.807) is 13.1 Å². The molecule has 1 amide bonds. The van der Waals surface area contributed by atoms with E-state index < -0.39 is 0 Å². The van der Waals surface area contributed by atoms with E-state index in [0.717, 1.165) is 25.1 Å². The number of carbonyl (C=O) groups is 1. The summed E-state index contributed by atoms with van der Waals surface area (Å²) in [4.78, 5) is 14.3. The van der Waals surface area contributed by atoms with Crippen molar-refractivity contribution in [2.75, 3.05) is 19.6 Å². The fourth-order valence-corrected chi connectivity index (χ4v) is 2.66. The predicted molar refractivity (Wildman–Crippen MR) is 76.3 cm³/mol. The molecule has 112 valence electrons. The second-order valence-corrected chi connectivity index (χ2v) is 5.55. The van der Waals surface area contributed by atoms with Gasteiger partial charge in [-0.05, 0) is 33.2 Å². The lowest BCUT2D eigenvalue weighted by molar-refractivity contribution is 0.0761. The molecule has 0 aliphatic carbocycles. The monoisotopic (exact) mass is 280 g/mol. The Kier molecular flexibility index (Phi) is 4.77. The molecule has 1 fully saturated rings. The van der Waals surface area contributed by atoms with Crippen molar-refractivity contribution in [3.63, 3.8) is 0 Å². The second-order valence-electron chi connectivity index (χ2n) is 5.55. The Balaban J connectivity index is 2.05. The van der Waals surface area contributed by atoms with Gasteiger partial charge in [-0.15, -0.1) is 0 Å². The van der Waals surface area contributed by atoms with Crippen LogP contribution in [0.5, 0.6) is 0 Å². The molecule has 2 heterocycles. The number of rotatable bonds is 5. The van der Waals surface area contributed by atoms with Crippen molar-refractivity contribution in [1.29, 1.82) is 0 Å². The molecule has 0 aromatic carbocycles. The number of aryl methyl sites for hydroxylation is 1. The molecule has 1 aromatic rings. The van der Waals surface area contributed by atoms with Gasteiger partial charge >= 0.3 is 0 Å². The molecule has 0 spiro atoms. The number of aliphatic hydroxyl groups excluding tert-OH is 1. The zero-order chi connectivity index (χ0) is 14.7. The highest BCUT2D eigenvalue weighted by atomic mass is 16.3. The number of hydrogen-bond acceptors (Lipinski definition) is 4. The number of aliphatic hydroxyl groups is 1. The predicted octanol–water partition coefficient (Wildman–Crippen LogP) is 0.383. The summed E-state index contributed by atoms with van der Waals surface area (Å²) < 4.78 is 1.84. The molecule has 0 radical (unpaired) electrons. The first-order valence-corrected chi connectivity index (χ1v) is 7.24. The molecule has 1 aromatic heterocycles. The fraction of sp³-hybridized carbons (Fsp3) is 0.714. The standard InChI is InChI=1S/C14H24N4O2/c1-10-13(8-16-18(10)6-3-5-15)14(20)17-7-4-12(9-17)11(2)19/h8,11-12,19H,3-7,9,15H2,1-2H3. The van der Waals surface area contributed by atoms with Crippen molar-refractivity contribution < 1.29 is 9.90 Å². The molecule has 0 saturated carbocycles. The Morgan fingerprint density at radius 1 is 1.65 bits per heavy atom. The van der Waals surface area contributed by atoms with Gasteiger partial charge in [-0.3, -0.25) is 9.48 Å². The molecule has 6 nitrogen and oxygen atoms in total.